The molecule has 0 saturated carbocycles. The quantitative estimate of drug-likeness (QED) is 0.864. The number of hydrogen-bond acceptors (Lipinski definition) is 3. The number of carbonyl (C=O) groups excluding carboxylic acids is 1. The molecule has 1 saturated heterocycles. The first-order valence-corrected chi connectivity index (χ1v) is 8.55. The minimum absolute atomic E-state index is 0.0152. The van der Waals surface area contributed by atoms with E-state index in [0.717, 1.165) is 5.56 Å². The molecule has 0 N–H and O–H groups in total. The van der Waals surface area contributed by atoms with Crippen LogP contribution in [0.4, 0.5) is 0 Å². The van der Waals surface area contributed by atoms with E-state index in [9.17, 15) is 4.79 Å². The van der Waals surface area contributed by atoms with Crippen molar-refractivity contribution in [3.8, 4) is 6.07 Å². The standard InChI is InChI=1S/C20H23N3O2/c1-14(2)18-12-23(13-19(25-18)16-7-5-4-6-8-16)20(24)17-9-15(10-21)11-22(17)3/h4-9,11,14,18-19H,12-13H2,1-3H3/t18-,19+/m1/s1. The average molecular weight is 337 g/mol. The summed E-state index contributed by atoms with van der Waals surface area (Å²) in [5.74, 6) is 0.253. The van der Waals surface area contributed by atoms with Gasteiger partial charge in [-0.1, -0.05) is 44.2 Å². The highest BCUT2D eigenvalue weighted by Crippen LogP contribution is 2.29. The SMILES string of the molecule is CC(C)[C@H]1CN(C(=O)c2cc(C#N)cn2C)C[C@@H](c2ccccc2)O1. The monoisotopic (exact) mass is 337 g/mol. The van der Waals surface area contributed by atoms with E-state index >= 15 is 0 Å². The molecule has 0 aliphatic carbocycles. The lowest BCUT2D eigenvalue weighted by atomic mass is 10.0. The van der Waals surface area contributed by atoms with E-state index in [-0.39, 0.29) is 18.1 Å². The molecule has 1 aromatic carbocycles. The second kappa shape index (κ2) is 7.12. The lowest BCUT2D eigenvalue weighted by Crippen LogP contribution is -2.49. The van der Waals surface area contributed by atoms with Crippen LogP contribution in [0, 0.1) is 17.2 Å². The van der Waals surface area contributed by atoms with Gasteiger partial charge in [0.05, 0.1) is 18.2 Å². The van der Waals surface area contributed by atoms with Crippen LogP contribution in [0.3, 0.4) is 0 Å². The molecular formula is C20H23N3O2. The van der Waals surface area contributed by atoms with E-state index in [0.29, 0.717) is 30.3 Å². The van der Waals surface area contributed by atoms with Gasteiger partial charge in [0.25, 0.3) is 5.91 Å². The number of benzene rings is 1. The Morgan fingerprint density at radius 2 is 2.00 bits per heavy atom. The summed E-state index contributed by atoms with van der Waals surface area (Å²) in [5.41, 5.74) is 2.11. The minimum atomic E-state index is -0.137. The molecule has 0 bridgehead atoms. The van der Waals surface area contributed by atoms with Crippen LogP contribution in [-0.2, 0) is 11.8 Å². The first kappa shape index (κ1) is 17.2. The number of nitriles is 1. The number of nitrogens with zero attached hydrogens (tertiary/aromatic N) is 3. The Hall–Kier alpha value is -2.58. The van der Waals surface area contributed by atoms with Crippen LogP contribution in [0.2, 0.25) is 0 Å². The van der Waals surface area contributed by atoms with Gasteiger partial charge in [-0.2, -0.15) is 5.26 Å². The molecule has 1 aliphatic rings. The number of morpholine rings is 1. The fourth-order valence-electron chi connectivity index (χ4n) is 3.17. The minimum Gasteiger partial charge on any atom is -0.366 e. The molecule has 2 heterocycles. The lowest BCUT2D eigenvalue weighted by molar-refractivity contribution is -0.0956. The van der Waals surface area contributed by atoms with Gasteiger partial charge in [-0.3, -0.25) is 4.79 Å². The zero-order chi connectivity index (χ0) is 18.0. The fraction of sp³-hybridized carbons (Fsp3) is 0.400. The van der Waals surface area contributed by atoms with Gasteiger partial charge in [0, 0.05) is 19.8 Å². The van der Waals surface area contributed by atoms with Crippen LogP contribution in [0.15, 0.2) is 42.6 Å². The van der Waals surface area contributed by atoms with Gasteiger partial charge in [-0.15, -0.1) is 0 Å². The third kappa shape index (κ3) is 3.59. The Kier molecular flexibility index (Phi) is 4.91. The third-order valence-corrected chi connectivity index (χ3v) is 4.68. The van der Waals surface area contributed by atoms with Crippen LogP contribution in [0.25, 0.3) is 0 Å². The number of aryl methyl sites for hydroxylation is 1. The fourth-order valence-corrected chi connectivity index (χ4v) is 3.17. The normalized spacial score (nSPS) is 20.5. The highest BCUT2D eigenvalue weighted by Gasteiger charge is 2.34. The Balaban J connectivity index is 1.87. The number of ether oxygens (including phenoxy) is 1. The van der Waals surface area contributed by atoms with Gasteiger partial charge in [-0.25, -0.2) is 0 Å². The summed E-state index contributed by atoms with van der Waals surface area (Å²) in [7, 11) is 1.79. The summed E-state index contributed by atoms with van der Waals surface area (Å²) in [5, 5.41) is 9.06. The third-order valence-electron chi connectivity index (χ3n) is 4.68. The number of rotatable bonds is 3. The molecular weight excluding hydrogens is 314 g/mol. The van der Waals surface area contributed by atoms with E-state index in [1.807, 2.05) is 35.2 Å². The van der Waals surface area contributed by atoms with Crippen molar-refractivity contribution < 1.29 is 9.53 Å². The Morgan fingerprint density at radius 1 is 1.28 bits per heavy atom. The predicted octanol–water partition coefficient (Wildman–Crippen LogP) is 3.14. The molecule has 0 spiro atoms. The molecule has 25 heavy (non-hydrogen) atoms. The summed E-state index contributed by atoms with van der Waals surface area (Å²) in [4.78, 5) is 14.9. The van der Waals surface area contributed by atoms with Crippen molar-refractivity contribution >= 4 is 5.91 Å². The van der Waals surface area contributed by atoms with Gasteiger partial charge in [0.15, 0.2) is 0 Å². The van der Waals surface area contributed by atoms with Crippen molar-refractivity contribution in [3.63, 3.8) is 0 Å². The molecule has 0 radical (unpaired) electrons. The first-order chi connectivity index (χ1) is 12.0. The molecule has 0 unspecified atom stereocenters. The van der Waals surface area contributed by atoms with Crippen molar-refractivity contribution in [3.05, 3.63) is 59.4 Å². The molecule has 2 atom stereocenters. The van der Waals surface area contributed by atoms with Crippen LogP contribution in [0.5, 0.6) is 0 Å². The Bertz CT molecular complexity index is 789. The summed E-state index contributed by atoms with van der Waals surface area (Å²) < 4.78 is 7.97. The molecule has 5 heteroatoms. The van der Waals surface area contributed by atoms with Gasteiger partial charge in [-0.05, 0) is 17.5 Å². The largest absolute Gasteiger partial charge is 0.366 e. The van der Waals surface area contributed by atoms with Crippen molar-refractivity contribution in [2.24, 2.45) is 13.0 Å². The van der Waals surface area contributed by atoms with E-state index < -0.39 is 0 Å². The van der Waals surface area contributed by atoms with Crippen LogP contribution >= 0.6 is 0 Å². The highest BCUT2D eigenvalue weighted by atomic mass is 16.5. The lowest BCUT2D eigenvalue weighted by Gasteiger charge is -2.40. The van der Waals surface area contributed by atoms with Crippen molar-refractivity contribution in [2.45, 2.75) is 26.1 Å². The zero-order valence-electron chi connectivity index (χ0n) is 14.8. The number of aromatic nitrogens is 1. The Labute approximate surface area is 148 Å². The molecule has 1 aliphatic heterocycles. The van der Waals surface area contributed by atoms with E-state index in [1.165, 1.54) is 0 Å². The molecule has 5 nitrogen and oxygen atoms in total. The molecule has 1 fully saturated rings. The second-order valence-corrected chi connectivity index (χ2v) is 6.86. The van der Waals surface area contributed by atoms with Gasteiger partial charge < -0.3 is 14.2 Å². The highest BCUT2D eigenvalue weighted by molar-refractivity contribution is 5.93. The van der Waals surface area contributed by atoms with Crippen molar-refractivity contribution in [2.75, 3.05) is 13.1 Å². The average Bonchev–Trinajstić information content (AvgIpc) is 3.02. The second-order valence-electron chi connectivity index (χ2n) is 6.86. The van der Waals surface area contributed by atoms with Crippen molar-refractivity contribution in [1.82, 2.24) is 9.47 Å². The zero-order valence-corrected chi connectivity index (χ0v) is 14.8. The van der Waals surface area contributed by atoms with E-state index in [1.54, 1.807) is 23.9 Å². The maximum absolute atomic E-state index is 13.0. The Morgan fingerprint density at radius 3 is 2.60 bits per heavy atom. The molecule has 2 aromatic rings. The van der Waals surface area contributed by atoms with E-state index in [4.69, 9.17) is 10.00 Å². The number of carbonyl (C=O) groups is 1. The van der Waals surface area contributed by atoms with Crippen LogP contribution in [0.1, 0.15) is 41.6 Å². The van der Waals surface area contributed by atoms with Crippen LogP contribution in [-0.4, -0.2) is 34.6 Å². The van der Waals surface area contributed by atoms with Gasteiger partial charge in [0.1, 0.15) is 17.9 Å². The maximum atomic E-state index is 13.0. The summed E-state index contributed by atoms with van der Waals surface area (Å²) in [6.07, 6.45) is 1.53. The molecule has 1 aromatic heterocycles. The number of hydrogen-bond donors (Lipinski definition) is 0. The molecule has 1 amide bonds. The van der Waals surface area contributed by atoms with Gasteiger partial charge in [0.2, 0.25) is 0 Å². The summed E-state index contributed by atoms with van der Waals surface area (Å²) in [6.45, 7) is 5.29. The predicted molar refractivity (Wildman–Crippen MR) is 94.9 cm³/mol. The van der Waals surface area contributed by atoms with E-state index in [2.05, 4.69) is 19.9 Å². The smallest absolute Gasteiger partial charge is 0.270 e. The van der Waals surface area contributed by atoms with Gasteiger partial charge >= 0.3 is 0 Å². The molecule has 130 valence electrons. The van der Waals surface area contributed by atoms with Crippen LogP contribution < -0.4 is 0 Å². The summed E-state index contributed by atoms with van der Waals surface area (Å²) in [6, 6.07) is 13.8. The molecule has 3 rings (SSSR count). The first-order valence-electron chi connectivity index (χ1n) is 8.55. The summed E-state index contributed by atoms with van der Waals surface area (Å²) >= 11 is 0. The maximum Gasteiger partial charge on any atom is 0.270 e. The number of amides is 1. The topological polar surface area (TPSA) is 58.3 Å². The van der Waals surface area contributed by atoms with Crippen molar-refractivity contribution in [1.29, 1.82) is 5.26 Å².